The Balaban J connectivity index is 1.50. The van der Waals surface area contributed by atoms with E-state index in [1.165, 1.54) is 29.3 Å². The van der Waals surface area contributed by atoms with E-state index in [1.54, 1.807) is 27.4 Å². The average Bonchev–Trinajstić information content (AvgIpc) is 2.86. The largest absolute Gasteiger partial charge is 0.493 e. The number of hydrogen-bond donors (Lipinski definition) is 0. The van der Waals surface area contributed by atoms with Gasteiger partial charge in [-0.05, 0) is 65.9 Å². The summed E-state index contributed by atoms with van der Waals surface area (Å²) in [5.41, 5.74) is 4.68. The Hall–Kier alpha value is -3.10. The molecule has 0 radical (unpaired) electrons. The predicted octanol–water partition coefficient (Wildman–Crippen LogP) is 4.61. The maximum atomic E-state index is 13.6. The van der Waals surface area contributed by atoms with Crippen LogP contribution in [0.2, 0.25) is 0 Å². The molecule has 5 rings (SSSR count). The molecule has 3 aromatic carbocycles. The first-order valence-electron chi connectivity index (χ1n) is 11.1. The topological polar surface area (TPSA) is 57.2 Å². The summed E-state index contributed by atoms with van der Waals surface area (Å²) in [6.07, 6.45) is 1.67. The highest BCUT2D eigenvalue weighted by Gasteiger charge is 2.35. The first kappa shape index (κ1) is 22.7. The van der Waals surface area contributed by atoms with E-state index in [4.69, 9.17) is 18.4 Å². The summed E-state index contributed by atoms with van der Waals surface area (Å²) < 4.78 is 48.9. The Labute approximate surface area is 200 Å². The summed E-state index contributed by atoms with van der Waals surface area (Å²) in [6, 6.07) is 13.7. The Kier molecular flexibility index (Phi) is 6.18. The molecule has 2 aliphatic rings. The van der Waals surface area contributed by atoms with Crippen LogP contribution in [0.5, 0.6) is 23.0 Å². The van der Waals surface area contributed by atoms with Gasteiger partial charge < -0.3 is 18.4 Å². The van der Waals surface area contributed by atoms with Gasteiger partial charge in [-0.25, -0.2) is 8.60 Å². The Bertz CT molecular complexity index is 1260. The average molecular weight is 484 g/mol. The van der Waals surface area contributed by atoms with Gasteiger partial charge in [-0.15, -0.1) is 0 Å². The molecule has 8 heteroatoms. The standard InChI is InChI=1S/C26H26FNO5S/c1-30-23-8-7-16-11-22-20-14-25(33-34(29)19-6-4-5-18(27)13-19)24(31-2)12-17(20)9-10-28(22)15-21(16)26(23)32-3/h4-8,12-14,22H,9-11,15H2,1-3H3. The van der Waals surface area contributed by atoms with Gasteiger partial charge in [0, 0.05) is 24.7 Å². The second-order valence-corrected chi connectivity index (χ2v) is 9.46. The minimum absolute atomic E-state index is 0.144. The minimum atomic E-state index is -1.88. The van der Waals surface area contributed by atoms with Gasteiger partial charge >= 0.3 is 0 Å². The Morgan fingerprint density at radius 3 is 2.50 bits per heavy atom. The molecule has 0 amide bonds. The van der Waals surface area contributed by atoms with E-state index < -0.39 is 16.9 Å². The maximum absolute atomic E-state index is 13.6. The lowest BCUT2D eigenvalue weighted by atomic mass is 9.83. The van der Waals surface area contributed by atoms with E-state index in [0.717, 1.165) is 48.6 Å². The normalized spacial score (nSPS) is 17.7. The van der Waals surface area contributed by atoms with Gasteiger partial charge in [0.15, 0.2) is 23.0 Å². The molecule has 2 heterocycles. The van der Waals surface area contributed by atoms with Crippen LogP contribution in [0.1, 0.15) is 28.3 Å². The molecule has 0 saturated heterocycles. The van der Waals surface area contributed by atoms with E-state index in [2.05, 4.69) is 11.0 Å². The van der Waals surface area contributed by atoms with Crippen molar-refractivity contribution in [2.75, 3.05) is 27.9 Å². The first-order chi connectivity index (χ1) is 16.5. The third-order valence-corrected chi connectivity index (χ3v) is 7.54. The third kappa shape index (κ3) is 4.01. The Morgan fingerprint density at radius 1 is 0.941 bits per heavy atom. The number of halogens is 1. The van der Waals surface area contributed by atoms with Crippen molar-refractivity contribution in [1.82, 2.24) is 4.90 Å². The number of methoxy groups -OCH3 is 3. The highest BCUT2D eigenvalue weighted by atomic mass is 32.2. The van der Waals surface area contributed by atoms with Crippen molar-refractivity contribution in [3.05, 3.63) is 76.6 Å². The zero-order valence-electron chi connectivity index (χ0n) is 19.3. The lowest BCUT2D eigenvalue weighted by molar-refractivity contribution is 0.157. The lowest BCUT2D eigenvalue weighted by Gasteiger charge is -2.42. The molecule has 6 nitrogen and oxygen atoms in total. The van der Waals surface area contributed by atoms with Crippen LogP contribution in [-0.2, 0) is 30.5 Å². The number of nitrogens with zero attached hydrogens (tertiary/aromatic N) is 1. The zero-order valence-corrected chi connectivity index (χ0v) is 20.1. The molecule has 0 saturated carbocycles. The summed E-state index contributed by atoms with van der Waals surface area (Å²) in [5.74, 6) is 1.95. The van der Waals surface area contributed by atoms with E-state index in [0.29, 0.717) is 11.5 Å². The van der Waals surface area contributed by atoms with E-state index in [1.807, 2.05) is 18.2 Å². The van der Waals surface area contributed by atoms with Crippen LogP contribution in [0, 0.1) is 5.82 Å². The molecular formula is C26H26FNO5S. The smallest absolute Gasteiger partial charge is 0.240 e. The van der Waals surface area contributed by atoms with Crippen molar-refractivity contribution in [1.29, 1.82) is 0 Å². The van der Waals surface area contributed by atoms with Crippen molar-refractivity contribution in [2.24, 2.45) is 0 Å². The lowest BCUT2D eigenvalue weighted by Crippen LogP contribution is -2.39. The predicted molar refractivity (Wildman–Crippen MR) is 127 cm³/mol. The van der Waals surface area contributed by atoms with Gasteiger partial charge in [0.25, 0.3) is 0 Å². The van der Waals surface area contributed by atoms with Crippen LogP contribution >= 0.6 is 0 Å². The SMILES string of the molecule is COc1cc2c(cc1OS(=O)c1cccc(F)c1)C1Cc3ccc(OC)c(OC)c3CN1CC2. The van der Waals surface area contributed by atoms with Gasteiger partial charge in [0.2, 0.25) is 11.1 Å². The molecule has 0 N–H and O–H groups in total. The molecule has 0 spiro atoms. The molecule has 0 bridgehead atoms. The van der Waals surface area contributed by atoms with E-state index in [9.17, 15) is 8.60 Å². The number of hydrogen-bond acceptors (Lipinski definition) is 6. The second-order valence-electron chi connectivity index (χ2n) is 8.36. The molecule has 34 heavy (non-hydrogen) atoms. The highest BCUT2D eigenvalue weighted by molar-refractivity contribution is 7.80. The number of ether oxygens (including phenoxy) is 3. The fourth-order valence-corrected chi connectivity index (χ4v) is 5.71. The van der Waals surface area contributed by atoms with Crippen molar-refractivity contribution >= 4 is 11.1 Å². The second kappa shape index (κ2) is 9.27. The molecule has 0 aliphatic carbocycles. The van der Waals surface area contributed by atoms with Crippen molar-refractivity contribution in [3.8, 4) is 23.0 Å². The molecule has 2 aliphatic heterocycles. The number of rotatable bonds is 6. The van der Waals surface area contributed by atoms with Crippen LogP contribution in [-0.4, -0.2) is 37.0 Å². The minimum Gasteiger partial charge on any atom is -0.493 e. The molecule has 0 fully saturated rings. The summed E-state index contributed by atoms with van der Waals surface area (Å²) >= 11 is -1.88. The van der Waals surface area contributed by atoms with Crippen LogP contribution in [0.3, 0.4) is 0 Å². The monoisotopic (exact) mass is 483 g/mol. The van der Waals surface area contributed by atoms with Crippen molar-refractivity contribution in [2.45, 2.75) is 30.3 Å². The molecule has 2 unspecified atom stereocenters. The quantitative estimate of drug-likeness (QED) is 0.511. The maximum Gasteiger partial charge on any atom is 0.240 e. The Morgan fingerprint density at radius 2 is 1.76 bits per heavy atom. The van der Waals surface area contributed by atoms with Gasteiger partial charge in [-0.3, -0.25) is 4.90 Å². The van der Waals surface area contributed by atoms with Gasteiger partial charge in [0.05, 0.1) is 26.2 Å². The van der Waals surface area contributed by atoms with E-state index in [-0.39, 0.29) is 10.9 Å². The summed E-state index contributed by atoms with van der Waals surface area (Å²) in [5, 5.41) is 0. The van der Waals surface area contributed by atoms with Crippen LogP contribution in [0.4, 0.5) is 4.39 Å². The van der Waals surface area contributed by atoms with Crippen molar-refractivity contribution < 1.29 is 27.0 Å². The summed E-state index contributed by atoms with van der Waals surface area (Å²) in [4.78, 5) is 2.68. The highest BCUT2D eigenvalue weighted by Crippen LogP contribution is 2.46. The van der Waals surface area contributed by atoms with E-state index >= 15 is 0 Å². The van der Waals surface area contributed by atoms with Crippen LogP contribution in [0.25, 0.3) is 0 Å². The van der Waals surface area contributed by atoms with Crippen LogP contribution < -0.4 is 18.4 Å². The van der Waals surface area contributed by atoms with Crippen molar-refractivity contribution in [3.63, 3.8) is 0 Å². The number of fused-ring (bicyclic) bond motifs is 4. The molecular weight excluding hydrogens is 457 g/mol. The first-order valence-corrected chi connectivity index (χ1v) is 12.1. The van der Waals surface area contributed by atoms with Gasteiger partial charge in [0.1, 0.15) is 5.82 Å². The van der Waals surface area contributed by atoms with Gasteiger partial charge in [-0.2, -0.15) is 0 Å². The van der Waals surface area contributed by atoms with Gasteiger partial charge in [-0.1, -0.05) is 12.1 Å². The summed E-state index contributed by atoms with van der Waals surface area (Å²) in [6.45, 7) is 1.65. The third-order valence-electron chi connectivity index (χ3n) is 6.57. The molecule has 3 aromatic rings. The molecule has 0 aromatic heterocycles. The van der Waals surface area contributed by atoms with Crippen LogP contribution in [0.15, 0.2) is 53.4 Å². The number of benzene rings is 3. The molecule has 2 atom stereocenters. The fourth-order valence-electron chi connectivity index (χ4n) is 4.92. The summed E-state index contributed by atoms with van der Waals surface area (Å²) in [7, 11) is 4.88. The fraction of sp³-hybridized carbons (Fsp3) is 0.308. The molecule has 178 valence electrons. The zero-order chi connectivity index (χ0) is 23.8.